The molecule has 3 saturated heterocycles. The molecule has 724 valence electrons. The number of likely N-dealkylation sites (tertiary alicyclic amines) is 2. The molecule has 132 heavy (non-hydrogen) atoms. The number of amides is 6. The zero-order valence-corrected chi connectivity index (χ0v) is 78.6. The lowest BCUT2D eigenvalue weighted by Gasteiger charge is -2.37. The van der Waals surface area contributed by atoms with Crippen LogP contribution < -0.4 is 4.74 Å². The Labute approximate surface area is 768 Å². The second-order valence-electron chi connectivity index (χ2n) is 36.6. The number of aromatic nitrogens is 14. The largest absolute Gasteiger partial charge is 0.488 e. The second-order valence-corrected chi connectivity index (χ2v) is 36.6. The molecule has 0 spiro atoms. The van der Waals surface area contributed by atoms with Crippen molar-refractivity contribution in [1.29, 1.82) is 0 Å². The normalized spacial score (nSPS) is 21.4. The number of hydrogen-bond acceptors (Lipinski definition) is 26. The summed E-state index contributed by atoms with van der Waals surface area (Å²) >= 11 is 0. The number of halogens is 3. The molecular weight excluding hydrogens is 1710 g/mol. The van der Waals surface area contributed by atoms with Gasteiger partial charge in [-0.25, -0.2) is 58.7 Å². The molecule has 0 saturated carbocycles. The molecule has 0 aliphatic carbocycles. The Hall–Kier alpha value is -11.3. The number of rotatable bonds is 21. The van der Waals surface area contributed by atoms with Crippen LogP contribution in [0.2, 0.25) is 0 Å². The topological polar surface area (TPSA) is 422 Å². The molecule has 7 unspecified atom stereocenters. The molecule has 0 aromatic carbocycles. The van der Waals surface area contributed by atoms with E-state index in [0.717, 1.165) is 146 Å². The van der Waals surface area contributed by atoms with Crippen molar-refractivity contribution in [2.24, 2.45) is 35.5 Å². The zero-order chi connectivity index (χ0) is 94.5. The highest BCUT2D eigenvalue weighted by Crippen LogP contribution is 2.41. The van der Waals surface area contributed by atoms with Gasteiger partial charge in [0.2, 0.25) is 0 Å². The maximum absolute atomic E-state index is 12.6. The first-order valence-electron chi connectivity index (χ1n) is 46.2. The molecule has 6 N–H and O–H groups in total. The number of fused-ring (bicyclic) bond motifs is 6. The van der Waals surface area contributed by atoms with E-state index < -0.39 is 18.9 Å². The average Bonchev–Trinajstić information content (AvgIpc) is 1.65. The fourth-order valence-corrected chi connectivity index (χ4v) is 18.4. The van der Waals surface area contributed by atoms with Crippen LogP contribution in [0.4, 0.5) is 41.9 Å². The number of carbonyl (C=O) groups excluding carboxylic acids is 6. The summed E-state index contributed by atoms with van der Waals surface area (Å²) < 4.78 is 88.4. The standard InChI is InChI=1S/C17H22N4O3.C16H26N4O2.C15H20N4O3.C15H24N4O2.C14H20F3N3O3.C14H21N3O3/c1-12(2)16-15-14(19-11-20-15)5-7-21(16)17(22)24-9-8-23-13-4-3-6-18-10-13;1-11(2)15-14-13(17-10-18-14)6-8-20(15)16(21)22-9-12-5-4-7-19(12)3;1-9(2)14-13-12(16-8-17-13)4-5-19(14)15(20)21-7-11-6-10(3)22-18-11;1-10(2)14-13-12(16-9-17-13)5-7-19(14)15(20)21-11-4-6-18(3)8-11;1-9(2)12-11-10(18-8-19-11)3-4-20(12)13(21)23-6-5-22-7-14(15,16)17;1-9(2)13-12-11(15-8-16-12)3-5-17(13)14(18)20-7-10-4-6-19-10/h3-4,6,10-12,16H,5,7-9H2,1-2H3,(H,19,20);10-12,15H,4-9H2,1-3H3,(H,17,18);6,8-9,14H,4-5,7H2,1-3H3,(H,16,17);9-11,14H,4-8H2,1-3H3,(H,16,17);8-9,12H,3-7H2,1-2H3,(H,18,19);8-10,13H,3-7H2,1-2H3,(H,15,16)/t;12-,15?;;11-,14?;;/m.0.1../s1. The quantitative estimate of drug-likeness (QED) is 0.0287. The molecule has 9 atom stereocenters. The van der Waals surface area contributed by atoms with Crippen LogP contribution in [-0.4, -0.2) is 296 Å². The summed E-state index contributed by atoms with van der Waals surface area (Å²) in [5, 5.41) is 3.83. The molecule has 0 bridgehead atoms. The van der Waals surface area contributed by atoms with Gasteiger partial charge in [0.15, 0.2) is 0 Å². The SMILES string of the molecule is CC(C)C1c2nc[nH]c2CCN1C(=O)OCC1CCO1.CC(C)C1c2nc[nH]c2CCN1C(=O)OCCOCC(F)(F)F.CC(C)C1c2nc[nH]c2CCN1C(=O)OCCOc1cccnc1.CC(C)C1c2nc[nH]c2CCN1C(=O)OC[C@@H]1CCCN1C.CC(C)C1c2nc[nH]c2CCN1C(=O)O[C@@H]1CCN(C)C1.Cc1cc(COC(=O)N2CCc3[nH]cnc3C2C(C)C)no1. The number of imidazole rings is 6. The van der Waals surface area contributed by atoms with Crippen molar-refractivity contribution in [1.82, 2.24) is 109 Å². The molecule has 9 aliphatic heterocycles. The van der Waals surface area contributed by atoms with Gasteiger partial charge in [-0.1, -0.05) is 88.2 Å². The number of aryl methyl sites for hydroxylation is 1. The first-order valence-corrected chi connectivity index (χ1v) is 46.2. The predicted molar refractivity (Wildman–Crippen MR) is 475 cm³/mol. The van der Waals surface area contributed by atoms with Gasteiger partial charge in [-0.3, -0.25) is 34.4 Å². The lowest BCUT2D eigenvalue weighted by molar-refractivity contribution is -0.175. The highest BCUT2D eigenvalue weighted by Gasteiger charge is 2.44. The minimum atomic E-state index is -4.38. The van der Waals surface area contributed by atoms with E-state index in [2.05, 4.69) is 168 Å². The van der Waals surface area contributed by atoms with Crippen LogP contribution in [0.1, 0.15) is 225 Å². The van der Waals surface area contributed by atoms with Crippen LogP contribution in [0.5, 0.6) is 5.75 Å². The fraction of sp³-hybridized carbons (Fsp3) is 0.648. The van der Waals surface area contributed by atoms with Crippen molar-refractivity contribution < 1.29 is 89.1 Å². The lowest BCUT2D eigenvalue weighted by atomic mass is 9.93. The van der Waals surface area contributed by atoms with Crippen molar-refractivity contribution in [3.05, 3.63) is 148 Å². The van der Waals surface area contributed by atoms with E-state index in [1.165, 1.54) is 6.42 Å². The summed E-state index contributed by atoms with van der Waals surface area (Å²) in [5.41, 5.74) is 12.9. The third kappa shape index (κ3) is 25.9. The Balaban J connectivity index is 0.000000143. The van der Waals surface area contributed by atoms with Crippen molar-refractivity contribution >= 4 is 36.6 Å². The molecule has 41 heteroatoms. The van der Waals surface area contributed by atoms with Crippen LogP contribution in [0.25, 0.3) is 0 Å². The maximum atomic E-state index is 12.6. The third-order valence-corrected chi connectivity index (χ3v) is 24.8. The smallest absolute Gasteiger partial charge is 0.411 e. The van der Waals surface area contributed by atoms with Gasteiger partial charge < -0.3 is 86.9 Å². The number of carbonyl (C=O) groups is 6. The number of likely N-dealkylation sites (N-methyl/N-ethyl adjacent to an activating group) is 2. The molecule has 9 aliphatic rings. The number of ether oxygens (including phenoxy) is 9. The maximum Gasteiger partial charge on any atom is 0.411 e. The second kappa shape index (κ2) is 46.8. The van der Waals surface area contributed by atoms with Crippen molar-refractivity contribution in [2.45, 2.75) is 222 Å². The van der Waals surface area contributed by atoms with Gasteiger partial charge in [0.05, 0.1) is 127 Å². The Morgan fingerprint density at radius 3 is 1.17 bits per heavy atom. The number of H-pyrrole nitrogens is 6. The number of pyridine rings is 1. The van der Waals surface area contributed by atoms with Crippen LogP contribution in [0, 0.1) is 42.4 Å². The van der Waals surface area contributed by atoms with E-state index >= 15 is 0 Å². The summed E-state index contributed by atoms with van der Waals surface area (Å²) in [5.74, 6) is 2.92. The summed E-state index contributed by atoms with van der Waals surface area (Å²) in [6.45, 7) is 33.8. The molecule has 3 fully saturated rings. The number of nitrogens with zero attached hydrogens (tertiary/aromatic N) is 16. The number of aromatic amines is 6. The van der Waals surface area contributed by atoms with Crippen molar-refractivity contribution in [2.75, 3.05) is 126 Å². The van der Waals surface area contributed by atoms with E-state index in [0.29, 0.717) is 107 Å². The van der Waals surface area contributed by atoms with E-state index in [1.807, 2.05) is 29.7 Å². The average molecular weight is 1850 g/mol. The monoisotopic (exact) mass is 1850 g/mol. The van der Waals surface area contributed by atoms with Crippen molar-refractivity contribution in [3.63, 3.8) is 0 Å². The molecule has 8 aromatic heterocycles. The fourth-order valence-electron chi connectivity index (χ4n) is 18.4. The minimum absolute atomic E-state index is 0.00353. The van der Waals surface area contributed by atoms with E-state index in [4.69, 9.17) is 42.4 Å². The molecule has 0 radical (unpaired) electrons. The van der Waals surface area contributed by atoms with E-state index in [-0.39, 0.29) is 123 Å². The Kier molecular flexibility index (Phi) is 35.4. The van der Waals surface area contributed by atoms with Gasteiger partial charge >= 0.3 is 42.7 Å². The summed E-state index contributed by atoms with van der Waals surface area (Å²) in [6.07, 6.45) is 16.1. The lowest BCUT2D eigenvalue weighted by Crippen LogP contribution is -2.44. The van der Waals surface area contributed by atoms with Crippen molar-refractivity contribution in [3.8, 4) is 5.75 Å². The Morgan fingerprint density at radius 1 is 0.470 bits per heavy atom. The third-order valence-electron chi connectivity index (χ3n) is 24.8. The molecule has 8 aromatic rings. The van der Waals surface area contributed by atoms with Gasteiger partial charge in [-0.2, -0.15) is 13.2 Å². The summed E-state index contributed by atoms with van der Waals surface area (Å²) in [4.78, 5) is 139. The van der Waals surface area contributed by atoms with Gasteiger partial charge in [0, 0.05) is 156 Å². The Bertz CT molecular complexity index is 4940. The summed E-state index contributed by atoms with van der Waals surface area (Å²) in [6, 6.07) is 5.39. The molecule has 38 nitrogen and oxygen atoms in total. The number of hydrogen-bond donors (Lipinski definition) is 6. The van der Waals surface area contributed by atoms with Crippen LogP contribution in [0.15, 0.2) is 73.1 Å². The minimum Gasteiger partial charge on any atom is -0.488 e. The van der Waals surface area contributed by atoms with Gasteiger partial charge in [0.1, 0.15) is 69.6 Å². The molecule has 17 heterocycles. The predicted octanol–water partition coefficient (Wildman–Crippen LogP) is 13.7. The van der Waals surface area contributed by atoms with Crippen LogP contribution in [0.3, 0.4) is 0 Å². The number of nitrogens with one attached hydrogen (secondary N) is 6. The molecular formula is C91H133F3N22O16. The first kappa shape index (κ1) is 99.7. The zero-order valence-electron chi connectivity index (χ0n) is 78.6. The van der Waals surface area contributed by atoms with E-state index in [1.54, 1.807) is 89.0 Å². The van der Waals surface area contributed by atoms with Gasteiger partial charge in [0.25, 0.3) is 0 Å². The van der Waals surface area contributed by atoms with Gasteiger partial charge in [-0.05, 0) is 94.5 Å². The number of alkyl halides is 3. The highest BCUT2D eigenvalue weighted by atomic mass is 19.4. The first-order chi connectivity index (χ1) is 63.3. The van der Waals surface area contributed by atoms with Gasteiger partial charge in [-0.15, -0.1) is 0 Å². The van der Waals surface area contributed by atoms with Crippen LogP contribution in [-0.2, 0) is 83.0 Å². The summed E-state index contributed by atoms with van der Waals surface area (Å²) in [7, 11) is 4.15. The highest BCUT2D eigenvalue weighted by molar-refractivity contribution is 5.72. The molecule has 6 amide bonds. The van der Waals surface area contributed by atoms with E-state index in [9.17, 15) is 41.9 Å². The van der Waals surface area contributed by atoms with Crippen LogP contribution >= 0.6 is 0 Å². The Morgan fingerprint density at radius 2 is 0.848 bits per heavy atom. The molecule has 17 rings (SSSR count).